The first-order chi connectivity index (χ1) is 18.8. The minimum Gasteiger partial charge on any atom is -0.508 e. The van der Waals surface area contributed by atoms with Crippen LogP contribution in [0, 0.1) is 11.8 Å². The Balaban J connectivity index is 2.05. The summed E-state index contributed by atoms with van der Waals surface area (Å²) >= 11 is 0. The second kappa shape index (κ2) is 13.3. The van der Waals surface area contributed by atoms with Gasteiger partial charge >= 0.3 is 11.9 Å². The SMILES string of the molecule is CO[C@@H]1/C=C/C=C(\C)Cc2cc(O)cc(c2)NC(=O)C[C@H](OC(=O)C(C)C)/C(C)=C/[C@H](C)[C@@H]2C[C@@]1(O)CC(=O)O2. The minimum absolute atomic E-state index is 0.00771. The summed E-state index contributed by atoms with van der Waals surface area (Å²) in [6.07, 6.45) is 5.13. The van der Waals surface area contributed by atoms with Crippen LogP contribution in [0.5, 0.6) is 5.75 Å². The number of methoxy groups -OCH3 is 1. The molecule has 1 aromatic carbocycles. The van der Waals surface area contributed by atoms with Gasteiger partial charge in [-0.2, -0.15) is 0 Å². The Morgan fingerprint density at radius 1 is 1.20 bits per heavy atom. The average Bonchev–Trinajstić information content (AvgIpc) is 2.84. The zero-order valence-corrected chi connectivity index (χ0v) is 24.1. The van der Waals surface area contributed by atoms with Crippen LogP contribution in [0.1, 0.15) is 59.4 Å². The third-order valence-electron chi connectivity index (χ3n) is 7.20. The summed E-state index contributed by atoms with van der Waals surface area (Å²) < 4.78 is 16.9. The van der Waals surface area contributed by atoms with Gasteiger partial charge in [-0.3, -0.25) is 14.4 Å². The van der Waals surface area contributed by atoms with E-state index in [1.54, 1.807) is 51.1 Å². The standard InChI is InChI=1S/C31H41NO8/c1-18(2)30(36)40-25-15-28(34)32-23-12-22(13-24(33)14-23)10-19(3)8-7-9-27(38-6)31(37)16-26(39-29(35)17-31)21(5)11-20(25)4/h7-9,11-14,18,21,25-27,33,37H,10,15-17H2,1-6H3,(H,32,34)/b9-7+,19-8+,20-11+/t21-,25-,26-,27+,31+/m0/s1. The number of hydrogen-bond acceptors (Lipinski definition) is 8. The number of amides is 1. The molecule has 1 amide bonds. The normalized spacial score (nSPS) is 31.7. The van der Waals surface area contributed by atoms with Gasteiger partial charge in [0.2, 0.25) is 5.91 Å². The molecule has 0 aromatic heterocycles. The maximum absolute atomic E-state index is 13.1. The molecule has 2 aliphatic heterocycles. The zero-order valence-electron chi connectivity index (χ0n) is 24.1. The number of nitrogens with one attached hydrogen (secondary N) is 1. The highest BCUT2D eigenvalue weighted by atomic mass is 16.6. The van der Waals surface area contributed by atoms with Gasteiger partial charge in [0.05, 0.1) is 18.8 Å². The summed E-state index contributed by atoms with van der Waals surface area (Å²) in [7, 11) is 1.48. The van der Waals surface area contributed by atoms with Gasteiger partial charge in [0.25, 0.3) is 0 Å². The van der Waals surface area contributed by atoms with Crippen molar-refractivity contribution < 1.29 is 38.8 Å². The van der Waals surface area contributed by atoms with E-state index in [4.69, 9.17) is 14.2 Å². The van der Waals surface area contributed by atoms with Gasteiger partial charge in [0.15, 0.2) is 0 Å². The number of allylic oxidation sites excluding steroid dienone is 3. The van der Waals surface area contributed by atoms with E-state index in [1.807, 2.05) is 19.9 Å². The van der Waals surface area contributed by atoms with E-state index in [2.05, 4.69) is 5.32 Å². The van der Waals surface area contributed by atoms with Crippen LogP contribution < -0.4 is 5.32 Å². The Bertz CT molecular complexity index is 1200. The molecule has 3 rings (SSSR count). The molecule has 9 nitrogen and oxygen atoms in total. The van der Waals surface area contributed by atoms with Crippen molar-refractivity contribution in [3.05, 3.63) is 59.2 Å². The van der Waals surface area contributed by atoms with Crippen molar-refractivity contribution in [2.75, 3.05) is 12.4 Å². The molecule has 3 N–H and O–H groups in total. The number of carbonyl (C=O) groups excluding carboxylic acids is 3. The number of phenolic OH excluding ortho intramolecular Hbond substituents is 1. The van der Waals surface area contributed by atoms with Crippen molar-refractivity contribution in [2.24, 2.45) is 11.8 Å². The maximum Gasteiger partial charge on any atom is 0.309 e. The summed E-state index contributed by atoms with van der Waals surface area (Å²) in [5.41, 5.74) is 1.28. The molecule has 1 saturated heterocycles. The predicted molar refractivity (Wildman–Crippen MR) is 150 cm³/mol. The second-order valence-corrected chi connectivity index (χ2v) is 11.2. The molecule has 4 bridgehead atoms. The monoisotopic (exact) mass is 555 g/mol. The molecule has 0 unspecified atom stereocenters. The Morgan fingerprint density at radius 3 is 2.60 bits per heavy atom. The summed E-state index contributed by atoms with van der Waals surface area (Å²) in [6, 6.07) is 4.86. The molecule has 2 aliphatic rings. The fourth-order valence-electron chi connectivity index (χ4n) is 5.04. The van der Waals surface area contributed by atoms with Crippen LogP contribution in [0.25, 0.3) is 0 Å². The van der Waals surface area contributed by atoms with Crippen molar-refractivity contribution in [1.82, 2.24) is 0 Å². The molecular weight excluding hydrogens is 514 g/mol. The number of phenols is 1. The number of ether oxygens (including phenoxy) is 3. The van der Waals surface area contributed by atoms with Crippen molar-refractivity contribution in [2.45, 2.75) is 84.2 Å². The third kappa shape index (κ3) is 8.29. The smallest absolute Gasteiger partial charge is 0.309 e. The molecule has 5 atom stereocenters. The highest BCUT2D eigenvalue weighted by Gasteiger charge is 2.46. The summed E-state index contributed by atoms with van der Waals surface area (Å²) in [4.78, 5) is 38.2. The predicted octanol–water partition coefficient (Wildman–Crippen LogP) is 4.38. The van der Waals surface area contributed by atoms with E-state index in [-0.39, 0.29) is 30.9 Å². The van der Waals surface area contributed by atoms with Gasteiger partial charge < -0.3 is 29.7 Å². The third-order valence-corrected chi connectivity index (χ3v) is 7.20. The number of carbonyl (C=O) groups is 3. The van der Waals surface area contributed by atoms with Crippen LogP contribution in [-0.2, 0) is 35.0 Å². The number of hydrogen-bond donors (Lipinski definition) is 3. The first-order valence-electron chi connectivity index (χ1n) is 13.6. The Morgan fingerprint density at radius 2 is 1.93 bits per heavy atom. The maximum atomic E-state index is 13.1. The lowest BCUT2D eigenvalue weighted by Gasteiger charge is -2.41. The molecule has 1 fully saturated rings. The molecular formula is C31H41NO8. The van der Waals surface area contributed by atoms with Gasteiger partial charge in [-0.25, -0.2) is 0 Å². The molecule has 0 aliphatic carbocycles. The van der Waals surface area contributed by atoms with E-state index in [9.17, 15) is 24.6 Å². The molecule has 2 heterocycles. The van der Waals surface area contributed by atoms with Gasteiger partial charge in [-0.15, -0.1) is 0 Å². The van der Waals surface area contributed by atoms with E-state index >= 15 is 0 Å². The number of aliphatic hydroxyl groups is 1. The van der Waals surface area contributed by atoms with Crippen molar-refractivity contribution in [1.29, 1.82) is 0 Å². The van der Waals surface area contributed by atoms with Crippen LogP contribution in [0.2, 0.25) is 0 Å². The summed E-state index contributed by atoms with van der Waals surface area (Å²) in [5.74, 6) is -2.14. The minimum atomic E-state index is -1.49. The van der Waals surface area contributed by atoms with E-state index in [0.717, 1.165) is 11.1 Å². The summed E-state index contributed by atoms with van der Waals surface area (Å²) in [6.45, 7) is 8.93. The number of esters is 2. The number of aromatic hydroxyl groups is 1. The first kappa shape index (κ1) is 31.1. The van der Waals surface area contributed by atoms with E-state index in [0.29, 0.717) is 17.7 Å². The quantitative estimate of drug-likeness (QED) is 0.370. The average molecular weight is 556 g/mol. The summed E-state index contributed by atoms with van der Waals surface area (Å²) in [5, 5.41) is 24.6. The number of rotatable bonds is 3. The number of benzene rings is 1. The van der Waals surface area contributed by atoms with Crippen LogP contribution in [0.3, 0.4) is 0 Å². The molecule has 0 spiro atoms. The van der Waals surface area contributed by atoms with Crippen LogP contribution >= 0.6 is 0 Å². The second-order valence-electron chi connectivity index (χ2n) is 11.2. The van der Waals surface area contributed by atoms with Gasteiger partial charge in [0.1, 0.15) is 29.7 Å². The van der Waals surface area contributed by atoms with E-state index < -0.39 is 47.7 Å². The highest BCUT2D eigenvalue weighted by Crippen LogP contribution is 2.35. The van der Waals surface area contributed by atoms with Crippen molar-refractivity contribution in [3.63, 3.8) is 0 Å². The largest absolute Gasteiger partial charge is 0.508 e. The molecule has 218 valence electrons. The lowest BCUT2D eigenvalue weighted by atomic mass is 9.80. The molecule has 40 heavy (non-hydrogen) atoms. The van der Waals surface area contributed by atoms with Gasteiger partial charge in [0, 0.05) is 31.2 Å². The van der Waals surface area contributed by atoms with E-state index in [1.165, 1.54) is 13.2 Å². The Kier molecular flexibility index (Phi) is 10.3. The lowest BCUT2D eigenvalue weighted by molar-refractivity contribution is -0.185. The van der Waals surface area contributed by atoms with Crippen LogP contribution in [-0.4, -0.2) is 59.1 Å². The van der Waals surface area contributed by atoms with Gasteiger partial charge in [-0.1, -0.05) is 50.6 Å². The Labute approximate surface area is 235 Å². The topological polar surface area (TPSA) is 131 Å². The lowest BCUT2D eigenvalue weighted by Crippen LogP contribution is -2.52. The zero-order chi connectivity index (χ0) is 29.6. The molecule has 1 aromatic rings. The van der Waals surface area contributed by atoms with Crippen LogP contribution in [0.15, 0.2) is 53.6 Å². The fourth-order valence-corrected chi connectivity index (χ4v) is 5.04. The molecule has 9 heteroatoms. The van der Waals surface area contributed by atoms with Crippen molar-refractivity contribution >= 4 is 23.5 Å². The molecule has 0 radical (unpaired) electrons. The van der Waals surface area contributed by atoms with Crippen molar-refractivity contribution in [3.8, 4) is 5.75 Å². The number of fused-ring (bicyclic) bond motifs is 4. The number of anilines is 1. The Hall–Kier alpha value is -3.43. The fraction of sp³-hybridized carbons (Fsp3) is 0.516. The van der Waals surface area contributed by atoms with Crippen LogP contribution in [0.4, 0.5) is 5.69 Å². The molecule has 0 saturated carbocycles. The first-order valence-corrected chi connectivity index (χ1v) is 13.6. The highest BCUT2D eigenvalue weighted by molar-refractivity contribution is 5.91. The van der Waals surface area contributed by atoms with Gasteiger partial charge in [-0.05, 0) is 43.5 Å².